The summed E-state index contributed by atoms with van der Waals surface area (Å²) in [6.45, 7) is 0.660. The molecule has 0 unspecified atom stereocenters. The van der Waals surface area contributed by atoms with Crippen LogP contribution in [0.5, 0.6) is 23.0 Å². The Morgan fingerprint density at radius 3 is 1.25 bits per heavy atom. The van der Waals surface area contributed by atoms with Crippen molar-refractivity contribution in [3.63, 3.8) is 0 Å². The van der Waals surface area contributed by atoms with Gasteiger partial charge < -0.3 is 41.8 Å². The minimum Gasteiger partial charge on any atom is -0.506 e. The molecule has 296 valence electrons. The molecule has 4 aromatic rings. The Morgan fingerprint density at radius 1 is 0.545 bits per heavy atom. The number of alkyl halides is 6. The molecule has 0 fully saturated rings. The number of nitrogens with two attached hydrogens (primary N) is 2. The molecule has 4 rings (SSSR count). The van der Waals surface area contributed by atoms with Crippen molar-refractivity contribution in [2.75, 3.05) is 35.3 Å². The zero-order valence-electron chi connectivity index (χ0n) is 29.6. The van der Waals surface area contributed by atoms with Gasteiger partial charge in [0.05, 0.1) is 24.6 Å². The molecule has 4 aromatic carbocycles. The SMILES string of the molecule is Nc1ccc(OCCCCCC(=O)Nc2cc(C(c3ccc(O)c(NC(=O)CCCCCOc4ccc(N)cc4)c3)(C(F)(F)F)C(F)(F)F)ccc2O)cc1. The minimum atomic E-state index is -6.04. The Hall–Kier alpha value is -5.80. The third-order valence-electron chi connectivity index (χ3n) is 8.65. The molecular weight excluding hydrogens is 734 g/mol. The molecule has 8 N–H and O–H groups in total. The molecule has 2 amide bonds. The highest BCUT2D eigenvalue weighted by Crippen LogP contribution is 2.57. The van der Waals surface area contributed by atoms with Gasteiger partial charge in [0.1, 0.15) is 23.0 Å². The van der Waals surface area contributed by atoms with Gasteiger partial charge in [0, 0.05) is 24.2 Å². The number of halogens is 6. The summed E-state index contributed by atoms with van der Waals surface area (Å²) in [5, 5.41) is 25.1. The van der Waals surface area contributed by atoms with Crippen LogP contribution in [-0.2, 0) is 15.0 Å². The summed E-state index contributed by atoms with van der Waals surface area (Å²) in [4.78, 5) is 25.3. The lowest BCUT2D eigenvalue weighted by molar-refractivity contribution is -0.288. The Bertz CT molecular complexity index is 1750. The smallest absolute Gasteiger partial charge is 0.411 e. The lowest BCUT2D eigenvalue weighted by Gasteiger charge is -2.38. The summed E-state index contributed by atoms with van der Waals surface area (Å²) in [7, 11) is 0. The van der Waals surface area contributed by atoms with Crippen LogP contribution in [0.3, 0.4) is 0 Å². The normalized spacial score (nSPS) is 11.9. The largest absolute Gasteiger partial charge is 0.506 e. The van der Waals surface area contributed by atoms with Crippen LogP contribution in [0.1, 0.15) is 62.5 Å². The van der Waals surface area contributed by atoms with E-state index in [1.165, 1.54) is 0 Å². The number of phenolic OH excluding ortho intramolecular Hbond substituents is 2. The Morgan fingerprint density at radius 2 is 0.909 bits per heavy atom. The van der Waals surface area contributed by atoms with E-state index in [4.69, 9.17) is 20.9 Å². The predicted molar refractivity (Wildman–Crippen MR) is 196 cm³/mol. The number of carbonyl (C=O) groups excluding carboxylic acids is 2. The predicted octanol–water partition coefficient (Wildman–Crippen LogP) is 8.83. The van der Waals surface area contributed by atoms with Gasteiger partial charge in [0.2, 0.25) is 17.2 Å². The Balaban J connectivity index is 1.43. The summed E-state index contributed by atoms with van der Waals surface area (Å²) in [5.41, 5.74) is 3.62. The number of phenols is 2. The molecule has 0 aliphatic heterocycles. The van der Waals surface area contributed by atoms with Crippen LogP contribution in [0.15, 0.2) is 84.9 Å². The third kappa shape index (κ3) is 11.1. The van der Waals surface area contributed by atoms with Gasteiger partial charge in [0.25, 0.3) is 0 Å². The van der Waals surface area contributed by atoms with Gasteiger partial charge in [-0.15, -0.1) is 0 Å². The summed E-state index contributed by atoms with van der Waals surface area (Å²) < 4.78 is 101. The number of hydrogen-bond acceptors (Lipinski definition) is 8. The number of nitrogens with one attached hydrogen (secondary N) is 2. The summed E-state index contributed by atoms with van der Waals surface area (Å²) in [6, 6.07) is 16.4. The number of carbonyl (C=O) groups is 2. The average Bonchev–Trinajstić information content (AvgIpc) is 3.11. The number of benzene rings is 4. The van der Waals surface area contributed by atoms with E-state index in [0.717, 1.165) is 0 Å². The van der Waals surface area contributed by atoms with Gasteiger partial charge >= 0.3 is 12.4 Å². The quantitative estimate of drug-likeness (QED) is 0.0252. The first-order valence-electron chi connectivity index (χ1n) is 17.4. The van der Waals surface area contributed by atoms with Crippen molar-refractivity contribution in [2.24, 2.45) is 0 Å². The maximum absolute atomic E-state index is 15.0. The zero-order chi connectivity index (χ0) is 40.2. The van der Waals surface area contributed by atoms with E-state index >= 15 is 0 Å². The van der Waals surface area contributed by atoms with Crippen LogP contribution >= 0.6 is 0 Å². The Labute approximate surface area is 313 Å². The monoisotopic (exact) mass is 776 g/mol. The molecule has 0 aliphatic carbocycles. The van der Waals surface area contributed by atoms with Gasteiger partial charge in [-0.3, -0.25) is 9.59 Å². The van der Waals surface area contributed by atoms with E-state index in [1.807, 2.05) is 0 Å². The molecule has 0 radical (unpaired) electrons. The van der Waals surface area contributed by atoms with E-state index in [0.29, 0.717) is 111 Å². The number of rotatable bonds is 18. The molecule has 0 aliphatic rings. The van der Waals surface area contributed by atoms with E-state index in [9.17, 15) is 46.1 Å². The molecule has 0 saturated carbocycles. The average molecular weight is 777 g/mol. The summed E-state index contributed by atoms with van der Waals surface area (Å²) in [5.74, 6) is -1.82. The van der Waals surface area contributed by atoms with Crippen LogP contribution in [0.25, 0.3) is 0 Å². The zero-order valence-corrected chi connectivity index (χ0v) is 29.6. The van der Waals surface area contributed by atoms with Crippen molar-refractivity contribution < 1.29 is 55.6 Å². The highest BCUT2D eigenvalue weighted by Gasteiger charge is 2.72. The Kier molecular flexibility index (Phi) is 14.1. The van der Waals surface area contributed by atoms with Gasteiger partial charge in [-0.05, 0) is 122 Å². The lowest BCUT2D eigenvalue weighted by atomic mass is 9.72. The number of anilines is 4. The van der Waals surface area contributed by atoms with Crippen LogP contribution in [0.4, 0.5) is 49.1 Å². The van der Waals surface area contributed by atoms with Crippen LogP contribution in [0.2, 0.25) is 0 Å². The number of nitrogen functional groups attached to an aromatic ring is 2. The van der Waals surface area contributed by atoms with E-state index in [2.05, 4.69) is 10.6 Å². The first-order chi connectivity index (χ1) is 26.0. The highest BCUT2D eigenvalue weighted by molar-refractivity contribution is 5.93. The standard InChI is InChI=1S/C39H42F6N4O6/c40-38(41,42)37(39(43,44)45,25-9-19-33(50)31(23-25)48-35(52)7-3-1-5-21-54-29-15-11-27(46)12-16-29)26-10-20-34(51)32(24-26)49-36(53)8-4-2-6-22-55-30-17-13-28(47)14-18-30/h9-20,23-24,50-51H,1-8,21-22,46-47H2,(H,48,52)(H,49,53). The summed E-state index contributed by atoms with van der Waals surface area (Å²) in [6.07, 6.45) is -9.61. The topological polar surface area (TPSA) is 169 Å². The maximum atomic E-state index is 15.0. The summed E-state index contributed by atoms with van der Waals surface area (Å²) >= 11 is 0. The molecule has 0 aromatic heterocycles. The molecule has 10 nitrogen and oxygen atoms in total. The van der Waals surface area contributed by atoms with Crippen molar-refractivity contribution in [2.45, 2.75) is 69.1 Å². The van der Waals surface area contributed by atoms with Gasteiger partial charge in [0.15, 0.2) is 0 Å². The van der Waals surface area contributed by atoms with Crippen molar-refractivity contribution in [3.8, 4) is 23.0 Å². The lowest BCUT2D eigenvalue weighted by Crippen LogP contribution is -2.54. The second-order valence-electron chi connectivity index (χ2n) is 12.8. The fourth-order valence-electron chi connectivity index (χ4n) is 5.78. The first-order valence-corrected chi connectivity index (χ1v) is 17.4. The fourth-order valence-corrected chi connectivity index (χ4v) is 5.78. The molecule has 0 saturated heterocycles. The van der Waals surface area contributed by atoms with Crippen LogP contribution < -0.4 is 31.6 Å². The molecule has 0 spiro atoms. The van der Waals surface area contributed by atoms with Crippen molar-refractivity contribution in [1.82, 2.24) is 0 Å². The van der Waals surface area contributed by atoms with Crippen LogP contribution in [-0.4, -0.2) is 47.6 Å². The van der Waals surface area contributed by atoms with E-state index in [-0.39, 0.29) is 12.8 Å². The second-order valence-corrected chi connectivity index (χ2v) is 12.8. The van der Waals surface area contributed by atoms with Gasteiger partial charge in [-0.1, -0.05) is 12.1 Å². The number of hydrogen-bond donors (Lipinski definition) is 6. The van der Waals surface area contributed by atoms with Gasteiger partial charge in [-0.2, -0.15) is 26.3 Å². The van der Waals surface area contributed by atoms with E-state index in [1.54, 1.807) is 48.5 Å². The van der Waals surface area contributed by atoms with Crippen LogP contribution in [0, 0.1) is 0 Å². The number of aromatic hydroxyl groups is 2. The third-order valence-corrected chi connectivity index (χ3v) is 8.65. The number of unbranched alkanes of at least 4 members (excludes halogenated alkanes) is 4. The second kappa shape index (κ2) is 18.5. The molecule has 16 heteroatoms. The number of amides is 2. The van der Waals surface area contributed by atoms with Gasteiger partial charge in [-0.25, -0.2) is 0 Å². The molecular formula is C39H42F6N4O6. The van der Waals surface area contributed by atoms with Crippen molar-refractivity contribution >= 4 is 34.6 Å². The first kappa shape index (κ1) is 41.9. The molecule has 0 heterocycles. The number of ether oxygens (including phenoxy) is 2. The molecule has 0 bridgehead atoms. The highest BCUT2D eigenvalue weighted by atomic mass is 19.4. The molecule has 55 heavy (non-hydrogen) atoms. The minimum absolute atomic E-state index is 0.145. The fraction of sp³-hybridized carbons (Fsp3) is 0.333. The molecule has 0 atom stereocenters. The van der Waals surface area contributed by atoms with Crippen molar-refractivity contribution in [3.05, 3.63) is 96.1 Å². The maximum Gasteiger partial charge on any atom is 0.411 e. The van der Waals surface area contributed by atoms with E-state index < -0.39 is 63.6 Å². The van der Waals surface area contributed by atoms with Crippen molar-refractivity contribution in [1.29, 1.82) is 0 Å².